The summed E-state index contributed by atoms with van der Waals surface area (Å²) in [5.41, 5.74) is 12.4. The number of hydrogen-bond acceptors (Lipinski definition) is 2. The molecule has 4 heterocycles. The van der Waals surface area contributed by atoms with Crippen LogP contribution in [0.25, 0.3) is 99.1 Å². The summed E-state index contributed by atoms with van der Waals surface area (Å²) in [6.45, 7) is 4.62. The molecule has 0 saturated carbocycles. The van der Waals surface area contributed by atoms with Gasteiger partial charge in [0.2, 0.25) is 5.95 Å². The molecule has 7 aromatic carbocycles. The van der Waals surface area contributed by atoms with E-state index in [4.69, 9.17) is 9.97 Å². The lowest BCUT2D eigenvalue weighted by atomic mass is 9.81. The van der Waals surface area contributed by atoms with Crippen molar-refractivity contribution < 1.29 is 0 Å². The van der Waals surface area contributed by atoms with E-state index in [0.717, 1.165) is 28.0 Å². The van der Waals surface area contributed by atoms with E-state index in [1.807, 2.05) is 0 Å². The van der Waals surface area contributed by atoms with Gasteiger partial charge in [-0.3, -0.25) is 4.57 Å². The molecule has 0 N–H and O–H groups in total. The third-order valence-corrected chi connectivity index (χ3v) is 11.6. The largest absolute Gasteiger partial charge is 0.306 e. The van der Waals surface area contributed by atoms with Gasteiger partial charge in [0, 0.05) is 54.4 Å². The maximum atomic E-state index is 5.63. The Hall–Kier alpha value is -6.52. The quantitative estimate of drug-likeness (QED) is 0.187. The third-order valence-electron chi connectivity index (χ3n) is 11.6. The van der Waals surface area contributed by atoms with Crippen LogP contribution in [-0.4, -0.2) is 18.9 Å². The van der Waals surface area contributed by atoms with Crippen LogP contribution in [0.5, 0.6) is 0 Å². The van der Waals surface area contributed by atoms with Crippen molar-refractivity contribution in [1.29, 1.82) is 0 Å². The van der Waals surface area contributed by atoms with E-state index < -0.39 is 0 Å². The van der Waals surface area contributed by atoms with Crippen molar-refractivity contribution >= 4 is 70.7 Å². The zero-order valence-corrected chi connectivity index (χ0v) is 28.1. The molecule has 0 saturated heterocycles. The molecule has 0 atom stereocenters. The van der Waals surface area contributed by atoms with Gasteiger partial charge in [-0.05, 0) is 28.5 Å². The summed E-state index contributed by atoms with van der Waals surface area (Å²) in [5, 5.41) is 10.0. The summed E-state index contributed by atoms with van der Waals surface area (Å²) in [6, 6.07) is 52.8. The van der Waals surface area contributed by atoms with Crippen molar-refractivity contribution in [2.24, 2.45) is 0 Å². The Balaban J connectivity index is 1.36. The van der Waals surface area contributed by atoms with Gasteiger partial charge in [0.25, 0.3) is 0 Å². The van der Waals surface area contributed by atoms with Crippen molar-refractivity contribution in [3.05, 3.63) is 157 Å². The second kappa shape index (κ2) is 9.38. The average Bonchev–Trinajstić information content (AvgIpc) is 3.89. The van der Waals surface area contributed by atoms with Crippen LogP contribution in [-0.2, 0) is 5.41 Å². The normalized spacial score (nSPS) is 13.8. The summed E-state index contributed by atoms with van der Waals surface area (Å²) in [5.74, 6) is 0.687. The monoisotopic (exact) mass is 650 g/mol. The van der Waals surface area contributed by atoms with E-state index in [0.29, 0.717) is 5.95 Å². The van der Waals surface area contributed by atoms with Gasteiger partial charge < -0.3 is 4.40 Å². The van der Waals surface area contributed by atoms with Crippen molar-refractivity contribution in [2.45, 2.75) is 19.3 Å². The SMILES string of the molecule is CC1(C)c2ccccc2-c2nc(-n3c4ccccc4c4c5ccccc5c5c6cccc7c8ccccc8n(c76)c5c43)nc(-c3ccccc3)c21. The first-order chi connectivity index (χ1) is 25.1. The second-order valence-corrected chi connectivity index (χ2v) is 14.5. The predicted molar refractivity (Wildman–Crippen MR) is 212 cm³/mol. The molecule has 238 valence electrons. The summed E-state index contributed by atoms with van der Waals surface area (Å²) in [4.78, 5) is 11.2. The molecular formula is C47H30N4. The van der Waals surface area contributed by atoms with Crippen molar-refractivity contribution in [3.8, 4) is 28.5 Å². The molecule has 0 fully saturated rings. The van der Waals surface area contributed by atoms with E-state index in [9.17, 15) is 0 Å². The molecule has 1 aliphatic carbocycles. The van der Waals surface area contributed by atoms with Crippen LogP contribution in [0.4, 0.5) is 0 Å². The van der Waals surface area contributed by atoms with Crippen molar-refractivity contribution in [1.82, 2.24) is 18.9 Å². The fourth-order valence-corrected chi connectivity index (χ4v) is 9.56. The number of aromatic nitrogens is 4. The number of rotatable bonds is 2. The second-order valence-electron chi connectivity index (χ2n) is 14.5. The zero-order chi connectivity index (χ0) is 33.6. The van der Waals surface area contributed by atoms with E-state index in [-0.39, 0.29) is 5.41 Å². The van der Waals surface area contributed by atoms with E-state index in [1.54, 1.807) is 0 Å². The minimum absolute atomic E-state index is 0.259. The molecule has 4 aromatic heterocycles. The maximum Gasteiger partial charge on any atom is 0.235 e. The Morgan fingerprint density at radius 1 is 0.451 bits per heavy atom. The highest BCUT2D eigenvalue weighted by Crippen LogP contribution is 2.52. The number of para-hydroxylation sites is 3. The Labute approximate surface area is 293 Å². The molecule has 12 rings (SSSR count). The number of fused-ring (bicyclic) bond motifs is 16. The highest BCUT2D eigenvalue weighted by atomic mass is 15.2. The zero-order valence-electron chi connectivity index (χ0n) is 28.1. The van der Waals surface area contributed by atoms with Crippen molar-refractivity contribution in [3.63, 3.8) is 0 Å². The lowest BCUT2D eigenvalue weighted by molar-refractivity contribution is 0.657. The van der Waals surface area contributed by atoms with E-state index in [2.05, 4.69) is 168 Å². The molecule has 0 amide bonds. The van der Waals surface area contributed by atoms with Crippen LogP contribution in [0.2, 0.25) is 0 Å². The molecule has 51 heavy (non-hydrogen) atoms. The molecule has 0 radical (unpaired) electrons. The number of nitrogens with zero attached hydrogens (tertiary/aromatic N) is 4. The molecular weight excluding hydrogens is 621 g/mol. The van der Waals surface area contributed by atoms with E-state index >= 15 is 0 Å². The van der Waals surface area contributed by atoms with Gasteiger partial charge in [-0.2, -0.15) is 0 Å². The molecule has 1 aliphatic rings. The maximum absolute atomic E-state index is 5.63. The van der Waals surface area contributed by atoms with Gasteiger partial charge in [-0.15, -0.1) is 0 Å². The van der Waals surface area contributed by atoms with Crippen LogP contribution in [0.1, 0.15) is 25.0 Å². The van der Waals surface area contributed by atoms with Crippen LogP contribution < -0.4 is 0 Å². The van der Waals surface area contributed by atoms with Crippen molar-refractivity contribution in [2.75, 3.05) is 0 Å². The third kappa shape index (κ3) is 3.26. The molecule has 0 bridgehead atoms. The fourth-order valence-electron chi connectivity index (χ4n) is 9.56. The highest BCUT2D eigenvalue weighted by Gasteiger charge is 2.40. The first-order valence-corrected chi connectivity index (χ1v) is 17.7. The first kappa shape index (κ1) is 27.3. The number of hydrogen-bond donors (Lipinski definition) is 0. The fraction of sp³-hybridized carbons (Fsp3) is 0.0638. The van der Waals surface area contributed by atoms with E-state index in [1.165, 1.54) is 76.3 Å². The minimum Gasteiger partial charge on any atom is -0.306 e. The summed E-state index contributed by atoms with van der Waals surface area (Å²) in [6.07, 6.45) is 0. The Morgan fingerprint density at radius 2 is 1.04 bits per heavy atom. The van der Waals surface area contributed by atoms with Gasteiger partial charge in [-0.25, -0.2) is 9.97 Å². The predicted octanol–water partition coefficient (Wildman–Crippen LogP) is 11.9. The van der Waals surface area contributed by atoms with Gasteiger partial charge in [0.1, 0.15) is 0 Å². The summed E-state index contributed by atoms with van der Waals surface area (Å²) >= 11 is 0. The molecule has 0 aliphatic heterocycles. The van der Waals surface area contributed by atoms with Crippen LogP contribution >= 0.6 is 0 Å². The van der Waals surface area contributed by atoms with Crippen LogP contribution in [0.15, 0.2) is 146 Å². The first-order valence-electron chi connectivity index (χ1n) is 17.7. The lowest BCUT2D eigenvalue weighted by Crippen LogP contribution is -2.18. The Kier molecular flexibility index (Phi) is 5.02. The number of benzene rings is 7. The Morgan fingerprint density at radius 3 is 1.84 bits per heavy atom. The molecule has 11 aromatic rings. The summed E-state index contributed by atoms with van der Waals surface area (Å²) in [7, 11) is 0. The highest BCUT2D eigenvalue weighted by molar-refractivity contribution is 6.38. The van der Waals surface area contributed by atoms with Gasteiger partial charge in [0.05, 0.1) is 39.0 Å². The average molecular weight is 651 g/mol. The van der Waals surface area contributed by atoms with Gasteiger partial charge in [0.15, 0.2) is 0 Å². The topological polar surface area (TPSA) is 35.1 Å². The Bertz CT molecular complexity index is 3270. The standard InChI is InChI=1S/C47H30N4/c1-47(2)35-24-11-8-20-32(35)42-40(47)41(27-15-4-3-5-16-27)48-46(49-42)51-37-26-13-10-21-33(37)38-29-18-6-7-19-30(29)39-34-23-14-22-31-28-17-9-12-25-36(28)50(43(31)34)44(39)45(38)51/h3-26H,1-2H3. The molecule has 4 heteroatoms. The van der Waals surface area contributed by atoms with Crippen LogP contribution in [0, 0.1) is 0 Å². The summed E-state index contributed by atoms with van der Waals surface area (Å²) < 4.78 is 4.88. The molecule has 4 nitrogen and oxygen atoms in total. The van der Waals surface area contributed by atoms with Gasteiger partial charge in [-0.1, -0.05) is 147 Å². The van der Waals surface area contributed by atoms with Gasteiger partial charge >= 0.3 is 0 Å². The smallest absolute Gasteiger partial charge is 0.235 e. The van der Waals surface area contributed by atoms with Crippen LogP contribution in [0.3, 0.4) is 0 Å². The molecule has 0 spiro atoms. The molecule has 0 unspecified atom stereocenters. The lowest BCUT2D eigenvalue weighted by Gasteiger charge is -2.24. The minimum atomic E-state index is -0.259.